The van der Waals surface area contributed by atoms with E-state index in [1.165, 1.54) is 5.57 Å². The first-order valence-corrected chi connectivity index (χ1v) is 6.83. The van der Waals surface area contributed by atoms with Crippen LogP contribution in [0.25, 0.3) is 0 Å². The van der Waals surface area contributed by atoms with Crippen LogP contribution in [0.2, 0.25) is 0 Å². The molecule has 0 atom stereocenters. The minimum absolute atomic E-state index is 0.127. The number of hydrogen-bond donors (Lipinski definition) is 0. The molecule has 1 nitrogen and oxygen atoms in total. The number of hydrogen-bond acceptors (Lipinski definition) is 1. The Kier molecular flexibility index (Phi) is 7.10. The Morgan fingerprint density at radius 2 is 1.65 bits per heavy atom. The Bertz CT molecular complexity index is 293. The molecule has 0 aromatic carbocycles. The molecule has 0 aliphatic carbocycles. The number of rotatable bonds is 8. The van der Waals surface area contributed by atoms with Gasteiger partial charge in [-0.05, 0) is 43.6 Å². The summed E-state index contributed by atoms with van der Waals surface area (Å²) < 4.78 is 0. The number of ketones is 1. The van der Waals surface area contributed by atoms with Gasteiger partial charge in [0.05, 0.1) is 0 Å². The minimum atomic E-state index is 0.127. The van der Waals surface area contributed by atoms with Gasteiger partial charge >= 0.3 is 0 Å². The summed E-state index contributed by atoms with van der Waals surface area (Å²) in [5.41, 5.74) is 2.32. The summed E-state index contributed by atoms with van der Waals surface area (Å²) in [7, 11) is 0. The molecule has 0 aromatic heterocycles. The van der Waals surface area contributed by atoms with Crippen molar-refractivity contribution in [2.75, 3.05) is 0 Å². The standard InChI is InChI=1S/C16H28O/c1-7-14(15(17)8-2)12-16(9-3,10-4)11-13(5)6/h12H,5,7-11H2,1-4,6H3. The lowest BCUT2D eigenvalue weighted by Gasteiger charge is -2.29. The molecule has 0 aliphatic heterocycles. The van der Waals surface area contributed by atoms with E-state index < -0.39 is 0 Å². The highest BCUT2D eigenvalue weighted by molar-refractivity contribution is 5.95. The average Bonchev–Trinajstić information content (AvgIpc) is 2.33. The van der Waals surface area contributed by atoms with Crippen molar-refractivity contribution in [1.82, 2.24) is 0 Å². The highest BCUT2D eigenvalue weighted by Gasteiger charge is 2.25. The third-order valence-electron chi connectivity index (χ3n) is 3.60. The summed E-state index contributed by atoms with van der Waals surface area (Å²) in [6, 6.07) is 0. The highest BCUT2D eigenvalue weighted by Crippen LogP contribution is 2.36. The van der Waals surface area contributed by atoms with Crippen LogP contribution in [-0.2, 0) is 4.79 Å². The molecular formula is C16H28O. The van der Waals surface area contributed by atoms with E-state index in [-0.39, 0.29) is 5.41 Å². The van der Waals surface area contributed by atoms with Crippen molar-refractivity contribution in [2.45, 2.75) is 66.7 Å². The predicted octanol–water partition coefficient (Wildman–Crippen LogP) is 5.07. The fraction of sp³-hybridized carbons (Fsp3) is 0.688. The molecule has 0 fully saturated rings. The van der Waals surface area contributed by atoms with Crippen LogP contribution in [0.1, 0.15) is 66.7 Å². The molecule has 0 aromatic rings. The lowest BCUT2D eigenvalue weighted by atomic mass is 9.75. The Labute approximate surface area is 107 Å². The lowest BCUT2D eigenvalue weighted by Crippen LogP contribution is -2.18. The second-order valence-electron chi connectivity index (χ2n) is 5.00. The Hall–Kier alpha value is -0.850. The van der Waals surface area contributed by atoms with Gasteiger partial charge in [0.25, 0.3) is 0 Å². The maximum Gasteiger partial charge on any atom is 0.158 e. The van der Waals surface area contributed by atoms with Gasteiger partial charge in [-0.3, -0.25) is 4.79 Å². The van der Waals surface area contributed by atoms with Crippen LogP contribution in [0.15, 0.2) is 23.8 Å². The molecule has 0 unspecified atom stereocenters. The van der Waals surface area contributed by atoms with Crippen molar-refractivity contribution in [2.24, 2.45) is 5.41 Å². The molecular weight excluding hydrogens is 208 g/mol. The van der Waals surface area contributed by atoms with Crippen molar-refractivity contribution >= 4 is 5.78 Å². The maximum absolute atomic E-state index is 11.8. The SMILES string of the molecule is C=C(C)CC(C=C(CC)C(=O)CC)(CC)CC. The van der Waals surface area contributed by atoms with E-state index in [0.717, 1.165) is 31.3 Å². The third kappa shape index (κ3) is 4.89. The molecule has 98 valence electrons. The smallest absolute Gasteiger partial charge is 0.158 e. The van der Waals surface area contributed by atoms with E-state index in [1.54, 1.807) is 0 Å². The van der Waals surface area contributed by atoms with E-state index in [2.05, 4.69) is 40.3 Å². The second kappa shape index (κ2) is 7.47. The van der Waals surface area contributed by atoms with Crippen molar-refractivity contribution in [1.29, 1.82) is 0 Å². The van der Waals surface area contributed by atoms with Crippen LogP contribution in [0.5, 0.6) is 0 Å². The summed E-state index contributed by atoms with van der Waals surface area (Å²) in [4.78, 5) is 11.8. The van der Waals surface area contributed by atoms with Gasteiger partial charge < -0.3 is 0 Å². The fourth-order valence-corrected chi connectivity index (χ4v) is 2.33. The zero-order valence-electron chi connectivity index (χ0n) is 12.2. The molecule has 17 heavy (non-hydrogen) atoms. The van der Waals surface area contributed by atoms with Crippen LogP contribution < -0.4 is 0 Å². The summed E-state index contributed by atoms with van der Waals surface area (Å²) >= 11 is 0. The topological polar surface area (TPSA) is 17.1 Å². The van der Waals surface area contributed by atoms with Gasteiger partial charge in [0, 0.05) is 6.42 Å². The van der Waals surface area contributed by atoms with Gasteiger partial charge in [0.2, 0.25) is 0 Å². The number of allylic oxidation sites excluding steroid dienone is 3. The van der Waals surface area contributed by atoms with Crippen LogP contribution >= 0.6 is 0 Å². The van der Waals surface area contributed by atoms with Gasteiger partial charge in [0.15, 0.2) is 5.78 Å². The molecule has 0 spiro atoms. The first-order valence-electron chi connectivity index (χ1n) is 6.83. The summed E-state index contributed by atoms with van der Waals surface area (Å²) in [5.74, 6) is 0.292. The van der Waals surface area contributed by atoms with Gasteiger partial charge in [-0.25, -0.2) is 0 Å². The van der Waals surface area contributed by atoms with E-state index in [0.29, 0.717) is 12.2 Å². The monoisotopic (exact) mass is 236 g/mol. The lowest BCUT2D eigenvalue weighted by molar-refractivity contribution is -0.115. The van der Waals surface area contributed by atoms with Crippen molar-refractivity contribution in [3.63, 3.8) is 0 Å². The van der Waals surface area contributed by atoms with Crippen LogP contribution in [-0.4, -0.2) is 5.78 Å². The Morgan fingerprint density at radius 3 is 1.94 bits per heavy atom. The number of Topliss-reactive ketones (excluding diaryl/α,β-unsaturated/α-hetero) is 1. The van der Waals surface area contributed by atoms with Crippen LogP contribution in [0, 0.1) is 5.41 Å². The normalized spacial score (nSPS) is 12.6. The summed E-state index contributed by atoms with van der Waals surface area (Å²) in [6.45, 7) is 14.5. The predicted molar refractivity (Wildman–Crippen MR) is 76.1 cm³/mol. The van der Waals surface area contributed by atoms with Gasteiger partial charge in [0.1, 0.15) is 0 Å². The number of carbonyl (C=O) groups is 1. The molecule has 1 heteroatoms. The van der Waals surface area contributed by atoms with Crippen molar-refractivity contribution in [3.05, 3.63) is 23.8 Å². The Balaban J connectivity index is 5.23. The zero-order chi connectivity index (χ0) is 13.5. The first-order chi connectivity index (χ1) is 7.94. The quantitative estimate of drug-likeness (QED) is 0.424. The molecule has 0 saturated heterocycles. The van der Waals surface area contributed by atoms with E-state index in [9.17, 15) is 4.79 Å². The molecule has 0 saturated carbocycles. The largest absolute Gasteiger partial charge is 0.295 e. The zero-order valence-corrected chi connectivity index (χ0v) is 12.2. The molecule has 0 aliphatic rings. The third-order valence-corrected chi connectivity index (χ3v) is 3.60. The van der Waals surface area contributed by atoms with Gasteiger partial charge in [-0.2, -0.15) is 0 Å². The number of carbonyl (C=O) groups excluding carboxylic acids is 1. The van der Waals surface area contributed by atoms with Crippen molar-refractivity contribution < 1.29 is 4.79 Å². The van der Waals surface area contributed by atoms with E-state index >= 15 is 0 Å². The van der Waals surface area contributed by atoms with Gasteiger partial charge in [-0.1, -0.05) is 39.3 Å². The highest BCUT2D eigenvalue weighted by atomic mass is 16.1. The molecule has 0 bridgehead atoms. The molecule has 0 N–H and O–H groups in total. The average molecular weight is 236 g/mol. The molecule has 0 rings (SSSR count). The molecule has 0 radical (unpaired) electrons. The second-order valence-corrected chi connectivity index (χ2v) is 5.00. The van der Waals surface area contributed by atoms with Crippen LogP contribution in [0.4, 0.5) is 0 Å². The van der Waals surface area contributed by atoms with Gasteiger partial charge in [-0.15, -0.1) is 6.58 Å². The van der Waals surface area contributed by atoms with Crippen LogP contribution in [0.3, 0.4) is 0 Å². The fourth-order valence-electron chi connectivity index (χ4n) is 2.33. The summed E-state index contributed by atoms with van der Waals surface area (Å²) in [5, 5.41) is 0. The Morgan fingerprint density at radius 1 is 1.12 bits per heavy atom. The van der Waals surface area contributed by atoms with E-state index in [1.807, 2.05) is 6.92 Å². The molecule has 0 heterocycles. The molecule has 0 amide bonds. The van der Waals surface area contributed by atoms with Crippen molar-refractivity contribution in [3.8, 4) is 0 Å². The maximum atomic E-state index is 11.8. The van der Waals surface area contributed by atoms with E-state index in [4.69, 9.17) is 0 Å². The first kappa shape index (κ1) is 16.1. The summed E-state index contributed by atoms with van der Waals surface area (Å²) in [6.07, 6.45) is 6.79. The minimum Gasteiger partial charge on any atom is -0.295 e.